The molecule has 0 spiro atoms. The Morgan fingerprint density at radius 3 is 2.62 bits per heavy atom. The molecule has 0 bridgehead atoms. The molecular formula is C14H20N4O3. The first-order valence-corrected chi connectivity index (χ1v) is 7.06. The Morgan fingerprint density at radius 2 is 2.05 bits per heavy atom. The molecule has 1 heterocycles. The molecule has 1 aromatic heterocycles. The van der Waals surface area contributed by atoms with Crippen molar-refractivity contribution < 1.29 is 4.79 Å². The summed E-state index contributed by atoms with van der Waals surface area (Å²) in [7, 11) is 0. The number of amides is 1. The van der Waals surface area contributed by atoms with Gasteiger partial charge in [0.15, 0.2) is 0 Å². The van der Waals surface area contributed by atoms with E-state index in [0.29, 0.717) is 13.1 Å². The largest absolute Gasteiger partial charge is 0.355 e. The predicted octanol–water partition coefficient (Wildman–Crippen LogP) is 0.208. The third kappa shape index (κ3) is 4.31. The molecule has 0 atom stereocenters. The number of carbonyl (C=O) groups excluding carboxylic acids is 1. The molecule has 114 valence electrons. The van der Waals surface area contributed by atoms with Crippen LogP contribution in [0.3, 0.4) is 0 Å². The smallest absolute Gasteiger partial charge is 0.331 e. The van der Waals surface area contributed by atoms with Gasteiger partial charge in [0.05, 0.1) is 0 Å². The summed E-state index contributed by atoms with van der Waals surface area (Å²) >= 11 is 0. The van der Waals surface area contributed by atoms with Crippen LogP contribution >= 0.6 is 0 Å². The third-order valence-corrected chi connectivity index (χ3v) is 3.10. The first kappa shape index (κ1) is 16.7. The van der Waals surface area contributed by atoms with Crippen LogP contribution in [0, 0.1) is 11.3 Å². The first-order chi connectivity index (χ1) is 10.0. The van der Waals surface area contributed by atoms with Gasteiger partial charge >= 0.3 is 5.69 Å². The van der Waals surface area contributed by atoms with Gasteiger partial charge in [-0.3, -0.25) is 14.2 Å². The number of hydrogen-bond donors (Lipinski definition) is 1. The molecular weight excluding hydrogens is 272 g/mol. The van der Waals surface area contributed by atoms with Crippen molar-refractivity contribution in [1.29, 1.82) is 5.26 Å². The highest BCUT2D eigenvalue weighted by atomic mass is 16.2. The van der Waals surface area contributed by atoms with Crippen molar-refractivity contribution in [1.82, 2.24) is 14.5 Å². The predicted molar refractivity (Wildman–Crippen MR) is 77.9 cm³/mol. The number of rotatable bonds is 7. The molecule has 1 aromatic rings. The summed E-state index contributed by atoms with van der Waals surface area (Å²) < 4.78 is 2.04. The Kier molecular flexibility index (Phi) is 6.40. The Labute approximate surface area is 122 Å². The number of unbranched alkanes of at least 4 members (excludes halogenated alkanes) is 2. The molecule has 7 heteroatoms. The van der Waals surface area contributed by atoms with Crippen LogP contribution < -0.4 is 16.6 Å². The average molecular weight is 292 g/mol. The number of nitrogens with one attached hydrogen (secondary N) is 1. The molecule has 0 aliphatic carbocycles. The molecule has 0 fully saturated rings. The minimum atomic E-state index is -0.726. The highest BCUT2D eigenvalue weighted by Crippen LogP contribution is 1.91. The van der Waals surface area contributed by atoms with Crippen molar-refractivity contribution in [2.75, 3.05) is 6.54 Å². The van der Waals surface area contributed by atoms with E-state index in [1.54, 1.807) is 13.0 Å². The van der Waals surface area contributed by atoms with Crippen LogP contribution in [-0.4, -0.2) is 21.6 Å². The summed E-state index contributed by atoms with van der Waals surface area (Å²) in [4.78, 5) is 35.8. The molecule has 0 aliphatic heterocycles. The van der Waals surface area contributed by atoms with Gasteiger partial charge in [-0.1, -0.05) is 19.8 Å². The van der Waals surface area contributed by atoms with Gasteiger partial charge in [0.1, 0.15) is 18.2 Å². The normalized spacial score (nSPS) is 10.1. The molecule has 0 unspecified atom stereocenters. The van der Waals surface area contributed by atoms with Gasteiger partial charge in [0, 0.05) is 19.3 Å². The molecule has 1 N–H and O–H groups in total. The zero-order chi connectivity index (χ0) is 15.8. The van der Waals surface area contributed by atoms with E-state index < -0.39 is 17.2 Å². The third-order valence-electron chi connectivity index (χ3n) is 3.10. The lowest BCUT2D eigenvalue weighted by Gasteiger charge is -2.09. The molecule has 1 rings (SSSR count). The minimum Gasteiger partial charge on any atom is -0.355 e. The summed E-state index contributed by atoms with van der Waals surface area (Å²) in [5.41, 5.74) is -1.45. The highest BCUT2D eigenvalue weighted by molar-refractivity contribution is 5.75. The quantitative estimate of drug-likeness (QED) is 0.726. The van der Waals surface area contributed by atoms with Crippen molar-refractivity contribution >= 4 is 5.91 Å². The van der Waals surface area contributed by atoms with Gasteiger partial charge in [-0.25, -0.2) is 9.36 Å². The Bertz CT molecular complexity index is 652. The van der Waals surface area contributed by atoms with Crippen molar-refractivity contribution in [3.63, 3.8) is 0 Å². The number of nitrogens with zero attached hydrogens (tertiary/aromatic N) is 3. The lowest BCUT2D eigenvalue weighted by Crippen LogP contribution is -2.44. The van der Waals surface area contributed by atoms with E-state index in [1.807, 2.05) is 0 Å². The first-order valence-electron chi connectivity index (χ1n) is 7.06. The number of hydrogen-bond acceptors (Lipinski definition) is 4. The maximum Gasteiger partial charge on any atom is 0.331 e. The van der Waals surface area contributed by atoms with Gasteiger partial charge < -0.3 is 5.32 Å². The van der Waals surface area contributed by atoms with Gasteiger partial charge in [0.2, 0.25) is 5.91 Å². The topological polar surface area (TPSA) is 96.9 Å². The summed E-state index contributed by atoms with van der Waals surface area (Å²) in [6.07, 6.45) is 4.13. The number of carbonyl (C=O) groups is 1. The molecule has 21 heavy (non-hydrogen) atoms. The minimum absolute atomic E-state index is 0.143. The second-order valence-corrected chi connectivity index (χ2v) is 4.67. The van der Waals surface area contributed by atoms with Crippen LogP contribution in [0.4, 0.5) is 0 Å². The lowest BCUT2D eigenvalue weighted by molar-refractivity contribution is -0.121. The second-order valence-electron chi connectivity index (χ2n) is 4.67. The fraction of sp³-hybridized carbons (Fsp3) is 0.571. The standard InChI is InChI=1S/C14H20N4O3/c1-3-5-6-7-16-12(19)10-18-13(20)11(8-15)9-17(4-2)14(18)21/h9H,3-7,10H2,1-2H3,(H,16,19). The summed E-state index contributed by atoms with van der Waals surface area (Å²) in [6.45, 7) is 4.26. The number of aryl methyl sites for hydroxylation is 1. The van der Waals surface area contributed by atoms with Gasteiger partial charge in [-0.2, -0.15) is 5.26 Å². The van der Waals surface area contributed by atoms with E-state index in [-0.39, 0.29) is 12.1 Å². The van der Waals surface area contributed by atoms with Crippen molar-refractivity contribution in [3.05, 3.63) is 32.6 Å². The summed E-state index contributed by atoms with van der Waals surface area (Å²) in [5.74, 6) is -0.400. The van der Waals surface area contributed by atoms with Crippen molar-refractivity contribution in [2.45, 2.75) is 46.2 Å². The maximum absolute atomic E-state index is 12.0. The van der Waals surface area contributed by atoms with E-state index in [9.17, 15) is 14.4 Å². The van der Waals surface area contributed by atoms with Crippen LogP contribution in [0.25, 0.3) is 0 Å². The van der Waals surface area contributed by atoms with E-state index in [0.717, 1.165) is 23.8 Å². The molecule has 0 aromatic carbocycles. The fourth-order valence-electron chi connectivity index (χ4n) is 1.90. The molecule has 0 saturated carbocycles. The van der Waals surface area contributed by atoms with Gasteiger partial charge in [-0.15, -0.1) is 0 Å². The van der Waals surface area contributed by atoms with E-state index in [1.165, 1.54) is 10.8 Å². The van der Waals surface area contributed by atoms with Crippen molar-refractivity contribution in [3.8, 4) is 6.07 Å². The molecule has 0 saturated heterocycles. The maximum atomic E-state index is 12.0. The van der Waals surface area contributed by atoms with Crippen LogP contribution in [0.2, 0.25) is 0 Å². The average Bonchev–Trinajstić information content (AvgIpc) is 2.48. The monoisotopic (exact) mass is 292 g/mol. The van der Waals surface area contributed by atoms with Crippen LogP contribution in [-0.2, 0) is 17.9 Å². The summed E-state index contributed by atoms with van der Waals surface area (Å²) in [5, 5.41) is 11.6. The van der Waals surface area contributed by atoms with E-state index in [2.05, 4.69) is 12.2 Å². The number of aromatic nitrogens is 2. The van der Waals surface area contributed by atoms with Gasteiger partial charge in [-0.05, 0) is 13.3 Å². The SMILES string of the molecule is CCCCCNC(=O)Cn1c(=O)c(C#N)cn(CC)c1=O. The Balaban J connectivity index is 2.93. The molecule has 0 aliphatic rings. The van der Waals surface area contributed by atoms with Crippen molar-refractivity contribution in [2.24, 2.45) is 0 Å². The summed E-state index contributed by atoms with van der Waals surface area (Å²) in [6, 6.07) is 1.75. The zero-order valence-corrected chi connectivity index (χ0v) is 12.4. The van der Waals surface area contributed by atoms with Crippen LogP contribution in [0.5, 0.6) is 0 Å². The fourth-order valence-corrected chi connectivity index (χ4v) is 1.90. The zero-order valence-electron chi connectivity index (χ0n) is 12.4. The highest BCUT2D eigenvalue weighted by Gasteiger charge is 2.13. The molecule has 0 radical (unpaired) electrons. The number of nitriles is 1. The van der Waals surface area contributed by atoms with Crippen LogP contribution in [0.15, 0.2) is 15.8 Å². The van der Waals surface area contributed by atoms with Crippen LogP contribution in [0.1, 0.15) is 38.7 Å². The second kappa shape index (κ2) is 8.04. The van der Waals surface area contributed by atoms with E-state index >= 15 is 0 Å². The lowest BCUT2D eigenvalue weighted by atomic mass is 10.2. The molecule has 7 nitrogen and oxygen atoms in total. The Morgan fingerprint density at radius 1 is 1.33 bits per heavy atom. The molecule has 1 amide bonds. The Hall–Kier alpha value is -2.36. The van der Waals surface area contributed by atoms with E-state index in [4.69, 9.17) is 5.26 Å². The van der Waals surface area contributed by atoms with Gasteiger partial charge in [0.25, 0.3) is 5.56 Å².